The van der Waals surface area contributed by atoms with Crippen molar-refractivity contribution in [3.8, 4) is 0 Å². The summed E-state index contributed by atoms with van der Waals surface area (Å²) in [5.74, 6) is 2.78. The Hall–Kier alpha value is -0.940. The number of nitrogens with zero attached hydrogens (tertiary/aromatic N) is 4. The molecule has 1 N–H and O–H groups in total. The molecular formula is C11H21N5. The molecule has 1 unspecified atom stereocenters. The summed E-state index contributed by atoms with van der Waals surface area (Å²) in [4.78, 5) is 2.39. The Morgan fingerprint density at radius 2 is 2.19 bits per heavy atom. The van der Waals surface area contributed by atoms with Crippen molar-refractivity contribution in [2.24, 2.45) is 13.0 Å². The summed E-state index contributed by atoms with van der Waals surface area (Å²) in [6.07, 6.45) is 1.31. The zero-order chi connectivity index (χ0) is 11.5. The zero-order valence-electron chi connectivity index (χ0n) is 10.4. The van der Waals surface area contributed by atoms with Gasteiger partial charge in [-0.15, -0.1) is 10.2 Å². The van der Waals surface area contributed by atoms with E-state index in [2.05, 4.69) is 27.5 Å². The quantitative estimate of drug-likeness (QED) is 0.790. The second kappa shape index (κ2) is 4.93. The summed E-state index contributed by atoms with van der Waals surface area (Å²) in [7, 11) is 4.20. The number of rotatable bonds is 4. The predicted octanol–water partition coefficient (Wildman–Crippen LogP) is 0.165. The van der Waals surface area contributed by atoms with Crippen LogP contribution in [0.4, 0.5) is 0 Å². The third-order valence-corrected chi connectivity index (χ3v) is 3.39. The summed E-state index contributed by atoms with van der Waals surface area (Å²) >= 11 is 0. The van der Waals surface area contributed by atoms with Gasteiger partial charge in [0.05, 0.1) is 6.54 Å². The molecular weight excluding hydrogens is 202 g/mol. The molecule has 1 saturated heterocycles. The molecule has 0 bridgehead atoms. The average molecular weight is 223 g/mol. The van der Waals surface area contributed by atoms with Gasteiger partial charge in [-0.2, -0.15) is 0 Å². The minimum atomic E-state index is 0.791. The van der Waals surface area contributed by atoms with Crippen molar-refractivity contribution in [1.82, 2.24) is 25.0 Å². The fraction of sp³-hybridized carbons (Fsp3) is 0.818. The van der Waals surface area contributed by atoms with Crippen LogP contribution < -0.4 is 5.32 Å². The minimum Gasteiger partial charge on any atom is -0.317 e. The molecule has 2 heterocycles. The van der Waals surface area contributed by atoms with E-state index >= 15 is 0 Å². The van der Waals surface area contributed by atoms with Crippen LogP contribution in [0.5, 0.6) is 0 Å². The normalized spacial score (nSPS) is 21.8. The van der Waals surface area contributed by atoms with Crippen LogP contribution in [0.1, 0.15) is 18.1 Å². The maximum Gasteiger partial charge on any atom is 0.146 e. The van der Waals surface area contributed by atoms with Crippen molar-refractivity contribution < 1.29 is 0 Å². The molecule has 0 radical (unpaired) electrons. The SMILES string of the molecule is Cc1nnc(CNCC2CCN(C)C2)n1C. The predicted molar refractivity (Wildman–Crippen MR) is 63.1 cm³/mol. The smallest absolute Gasteiger partial charge is 0.146 e. The Morgan fingerprint density at radius 1 is 1.38 bits per heavy atom. The molecule has 0 spiro atoms. The highest BCUT2D eigenvalue weighted by Crippen LogP contribution is 2.12. The second-order valence-electron chi connectivity index (χ2n) is 4.77. The molecule has 1 aliphatic heterocycles. The van der Waals surface area contributed by atoms with E-state index in [9.17, 15) is 0 Å². The van der Waals surface area contributed by atoms with E-state index in [1.54, 1.807) is 0 Å². The summed E-state index contributed by atoms with van der Waals surface area (Å²) in [6, 6.07) is 0. The summed E-state index contributed by atoms with van der Waals surface area (Å²) in [6.45, 7) is 6.32. The first kappa shape index (κ1) is 11.5. The van der Waals surface area contributed by atoms with E-state index in [0.717, 1.165) is 30.7 Å². The molecule has 2 rings (SSSR count). The van der Waals surface area contributed by atoms with Crippen LogP contribution in [0.3, 0.4) is 0 Å². The van der Waals surface area contributed by atoms with E-state index in [4.69, 9.17) is 0 Å². The number of aryl methyl sites for hydroxylation is 1. The number of nitrogens with one attached hydrogen (secondary N) is 1. The molecule has 5 heteroatoms. The van der Waals surface area contributed by atoms with Gasteiger partial charge in [0.1, 0.15) is 11.6 Å². The first-order valence-electron chi connectivity index (χ1n) is 5.91. The zero-order valence-corrected chi connectivity index (χ0v) is 10.4. The summed E-state index contributed by atoms with van der Waals surface area (Å²) in [5.41, 5.74) is 0. The molecule has 1 atom stereocenters. The van der Waals surface area contributed by atoms with Gasteiger partial charge in [-0.25, -0.2) is 0 Å². The highest BCUT2D eigenvalue weighted by atomic mass is 15.3. The number of hydrogen-bond acceptors (Lipinski definition) is 4. The molecule has 16 heavy (non-hydrogen) atoms. The van der Waals surface area contributed by atoms with Gasteiger partial charge < -0.3 is 14.8 Å². The highest BCUT2D eigenvalue weighted by Gasteiger charge is 2.18. The number of aromatic nitrogens is 3. The van der Waals surface area contributed by atoms with Crippen LogP contribution in [0.2, 0.25) is 0 Å². The van der Waals surface area contributed by atoms with Crippen LogP contribution in [0.15, 0.2) is 0 Å². The van der Waals surface area contributed by atoms with Crippen molar-refractivity contribution >= 4 is 0 Å². The Morgan fingerprint density at radius 3 is 2.75 bits per heavy atom. The minimum absolute atomic E-state index is 0.791. The van der Waals surface area contributed by atoms with E-state index in [-0.39, 0.29) is 0 Å². The molecule has 90 valence electrons. The first-order valence-corrected chi connectivity index (χ1v) is 5.91. The van der Waals surface area contributed by atoms with Gasteiger partial charge in [0, 0.05) is 13.6 Å². The first-order chi connectivity index (χ1) is 7.66. The Labute approximate surface area is 96.8 Å². The summed E-state index contributed by atoms with van der Waals surface area (Å²) in [5, 5.41) is 11.6. The van der Waals surface area contributed by atoms with Gasteiger partial charge in [0.25, 0.3) is 0 Å². The van der Waals surface area contributed by atoms with Gasteiger partial charge in [0.2, 0.25) is 0 Å². The topological polar surface area (TPSA) is 46.0 Å². The monoisotopic (exact) mass is 223 g/mol. The lowest BCUT2D eigenvalue weighted by molar-refractivity contribution is 0.387. The molecule has 0 aromatic carbocycles. The Bertz CT molecular complexity index is 346. The van der Waals surface area contributed by atoms with Gasteiger partial charge in [-0.05, 0) is 39.4 Å². The molecule has 0 aliphatic carbocycles. The number of likely N-dealkylation sites (tertiary alicyclic amines) is 1. The van der Waals surface area contributed by atoms with Gasteiger partial charge >= 0.3 is 0 Å². The molecule has 0 amide bonds. The molecule has 5 nitrogen and oxygen atoms in total. The lowest BCUT2D eigenvalue weighted by Crippen LogP contribution is -2.25. The average Bonchev–Trinajstić information content (AvgIpc) is 2.79. The van der Waals surface area contributed by atoms with E-state index < -0.39 is 0 Å². The maximum absolute atomic E-state index is 4.13. The third-order valence-electron chi connectivity index (χ3n) is 3.39. The van der Waals surface area contributed by atoms with E-state index in [1.165, 1.54) is 19.5 Å². The van der Waals surface area contributed by atoms with Crippen molar-refractivity contribution in [2.45, 2.75) is 19.9 Å². The third kappa shape index (κ3) is 2.59. The van der Waals surface area contributed by atoms with Crippen LogP contribution in [0.25, 0.3) is 0 Å². The molecule has 0 saturated carbocycles. The fourth-order valence-electron chi connectivity index (χ4n) is 2.19. The molecule has 1 aliphatic rings. The van der Waals surface area contributed by atoms with Crippen molar-refractivity contribution in [2.75, 3.05) is 26.7 Å². The van der Waals surface area contributed by atoms with Gasteiger partial charge in [-0.1, -0.05) is 0 Å². The molecule has 1 aromatic rings. The lowest BCUT2D eigenvalue weighted by atomic mass is 10.1. The van der Waals surface area contributed by atoms with Gasteiger partial charge in [0.15, 0.2) is 0 Å². The van der Waals surface area contributed by atoms with Crippen LogP contribution >= 0.6 is 0 Å². The Kier molecular flexibility index (Phi) is 3.56. The molecule has 1 fully saturated rings. The van der Waals surface area contributed by atoms with Crippen molar-refractivity contribution in [3.05, 3.63) is 11.6 Å². The second-order valence-corrected chi connectivity index (χ2v) is 4.77. The van der Waals surface area contributed by atoms with E-state index in [1.807, 2.05) is 18.5 Å². The van der Waals surface area contributed by atoms with Crippen LogP contribution in [0, 0.1) is 12.8 Å². The summed E-state index contributed by atoms with van der Waals surface area (Å²) < 4.78 is 2.04. The van der Waals surface area contributed by atoms with Crippen LogP contribution in [-0.4, -0.2) is 46.3 Å². The highest BCUT2D eigenvalue weighted by molar-refractivity contribution is 4.92. The Balaban J connectivity index is 1.74. The number of hydrogen-bond donors (Lipinski definition) is 1. The fourth-order valence-corrected chi connectivity index (χ4v) is 2.19. The lowest BCUT2D eigenvalue weighted by Gasteiger charge is -2.11. The van der Waals surface area contributed by atoms with Crippen molar-refractivity contribution in [1.29, 1.82) is 0 Å². The maximum atomic E-state index is 4.13. The van der Waals surface area contributed by atoms with Crippen molar-refractivity contribution in [3.63, 3.8) is 0 Å². The standard InChI is InChI=1S/C11H21N5/c1-9-13-14-11(16(9)3)7-12-6-10-4-5-15(2)8-10/h10,12H,4-8H2,1-3H3. The van der Waals surface area contributed by atoms with E-state index in [0.29, 0.717) is 0 Å². The van der Waals surface area contributed by atoms with Crippen LogP contribution in [-0.2, 0) is 13.6 Å². The molecule has 1 aromatic heterocycles. The van der Waals surface area contributed by atoms with Gasteiger partial charge in [-0.3, -0.25) is 0 Å². The largest absolute Gasteiger partial charge is 0.317 e.